The number of amides is 1. The lowest BCUT2D eigenvalue weighted by Gasteiger charge is -2.05. The Hall–Kier alpha value is -2.23. The van der Waals surface area contributed by atoms with Crippen LogP contribution in [0.25, 0.3) is 0 Å². The van der Waals surface area contributed by atoms with E-state index in [1.54, 1.807) is 12.1 Å². The van der Waals surface area contributed by atoms with E-state index in [0.717, 1.165) is 23.5 Å². The predicted octanol–water partition coefficient (Wildman–Crippen LogP) is 2.59. The van der Waals surface area contributed by atoms with Gasteiger partial charge in [-0.25, -0.2) is 8.78 Å². The molecular formula is C14H10F2N2OS. The second-order valence-corrected chi connectivity index (χ2v) is 4.80. The number of thiophene rings is 1. The van der Waals surface area contributed by atoms with Gasteiger partial charge in [0.15, 0.2) is 0 Å². The number of carbonyl (C=O) groups excluding carboxylic acids is 1. The zero-order valence-corrected chi connectivity index (χ0v) is 11.1. The van der Waals surface area contributed by atoms with E-state index in [0.29, 0.717) is 9.75 Å². The van der Waals surface area contributed by atoms with Gasteiger partial charge in [0.25, 0.3) is 5.91 Å². The van der Waals surface area contributed by atoms with Crippen molar-refractivity contribution in [2.75, 3.05) is 11.9 Å². The van der Waals surface area contributed by atoms with Crippen LogP contribution in [0.5, 0.6) is 0 Å². The molecule has 0 fully saturated rings. The van der Waals surface area contributed by atoms with E-state index in [9.17, 15) is 13.6 Å². The quantitative estimate of drug-likeness (QED) is 0.836. The van der Waals surface area contributed by atoms with Gasteiger partial charge in [0, 0.05) is 0 Å². The van der Waals surface area contributed by atoms with Gasteiger partial charge in [0.1, 0.15) is 17.3 Å². The van der Waals surface area contributed by atoms with Crippen LogP contribution in [0, 0.1) is 23.5 Å². The number of rotatable bonds is 2. The van der Waals surface area contributed by atoms with E-state index >= 15 is 0 Å². The largest absolute Gasteiger partial charge is 0.320 e. The molecule has 1 amide bonds. The summed E-state index contributed by atoms with van der Waals surface area (Å²) in [7, 11) is 0. The molecule has 0 spiro atoms. The van der Waals surface area contributed by atoms with Crippen LogP contribution in [-0.2, 0) is 0 Å². The summed E-state index contributed by atoms with van der Waals surface area (Å²) in [4.78, 5) is 12.9. The van der Waals surface area contributed by atoms with Crippen molar-refractivity contribution < 1.29 is 13.6 Å². The summed E-state index contributed by atoms with van der Waals surface area (Å²) in [5.74, 6) is 3.22. The Morgan fingerprint density at radius 3 is 2.60 bits per heavy atom. The number of anilines is 1. The molecule has 0 saturated heterocycles. The van der Waals surface area contributed by atoms with Crippen LogP contribution < -0.4 is 11.1 Å². The summed E-state index contributed by atoms with van der Waals surface area (Å²) < 4.78 is 26.8. The van der Waals surface area contributed by atoms with Crippen molar-refractivity contribution in [3.8, 4) is 11.8 Å². The molecule has 6 heteroatoms. The molecule has 20 heavy (non-hydrogen) atoms. The number of nitrogens with two attached hydrogens (primary N) is 1. The SMILES string of the molecule is NCC#Cc1ccc(C(=O)Nc2c(F)cccc2F)s1. The smallest absolute Gasteiger partial charge is 0.265 e. The summed E-state index contributed by atoms with van der Waals surface area (Å²) in [5, 5.41) is 2.21. The fourth-order valence-corrected chi connectivity index (χ4v) is 2.23. The maximum absolute atomic E-state index is 13.4. The van der Waals surface area contributed by atoms with Gasteiger partial charge in [-0.05, 0) is 24.3 Å². The molecule has 2 aromatic rings. The zero-order valence-electron chi connectivity index (χ0n) is 10.2. The van der Waals surface area contributed by atoms with E-state index in [4.69, 9.17) is 5.73 Å². The monoisotopic (exact) mass is 292 g/mol. The van der Waals surface area contributed by atoms with Crippen molar-refractivity contribution in [2.24, 2.45) is 5.73 Å². The molecule has 1 aromatic heterocycles. The number of halogens is 2. The molecule has 0 bridgehead atoms. The van der Waals surface area contributed by atoms with Crippen molar-refractivity contribution in [1.29, 1.82) is 0 Å². The highest BCUT2D eigenvalue weighted by Gasteiger charge is 2.14. The van der Waals surface area contributed by atoms with Crippen LogP contribution in [0.1, 0.15) is 14.5 Å². The number of hydrogen-bond donors (Lipinski definition) is 2. The van der Waals surface area contributed by atoms with Crippen LogP contribution in [0.4, 0.5) is 14.5 Å². The Labute approximate surface area is 118 Å². The van der Waals surface area contributed by atoms with Crippen LogP contribution in [0.3, 0.4) is 0 Å². The average molecular weight is 292 g/mol. The highest BCUT2D eigenvalue weighted by atomic mass is 32.1. The first kappa shape index (κ1) is 14.2. The van der Waals surface area contributed by atoms with Gasteiger partial charge in [-0.15, -0.1) is 11.3 Å². The maximum Gasteiger partial charge on any atom is 0.265 e. The second kappa shape index (κ2) is 6.28. The van der Waals surface area contributed by atoms with E-state index in [2.05, 4.69) is 17.2 Å². The molecule has 1 heterocycles. The number of nitrogens with one attached hydrogen (secondary N) is 1. The molecular weight excluding hydrogens is 282 g/mol. The number of benzene rings is 1. The Balaban J connectivity index is 2.18. The molecule has 0 atom stereocenters. The molecule has 0 aliphatic rings. The molecule has 102 valence electrons. The van der Waals surface area contributed by atoms with E-state index in [1.807, 2.05) is 0 Å². The number of carbonyl (C=O) groups is 1. The van der Waals surface area contributed by atoms with E-state index in [1.165, 1.54) is 6.07 Å². The minimum Gasteiger partial charge on any atom is -0.320 e. The Morgan fingerprint density at radius 1 is 1.25 bits per heavy atom. The third-order valence-corrected chi connectivity index (χ3v) is 3.34. The Kier molecular flexibility index (Phi) is 4.45. The molecule has 1 aromatic carbocycles. The minimum absolute atomic E-state index is 0.222. The van der Waals surface area contributed by atoms with Crippen LogP contribution in [-0.4, -0.2) is 12.5 Å². The second-order valence-electron chi connectivity index (χ2n) is 3.72. The van der Waals surface area contributed by atoms with Gasteiger partial charge in [-0.2, -0.15) is 0 Å². The lowest BCUT2D eigenvalue weighted by atomic mass is 10.3. The zero-order chi connectivity index (χ0) is 14.5. The fourth-order valence-electron chi connectivity index (χ4n) is 1.46. The summed E-state index contributed by atoms with van der Waals surface area (Å²) in [6, 6.07) is 6.57. The third kappa shape index (κ3) is 3.20. The Bertz CT molecular complexity index is 680. The lowest BCUT2D eigenvalue weighted by molar-refractivity contribution is 0.102. The summed E-state index contributed by atoms with van der Waals surface area (Å²) in [6.45, 7) is 0.222. The molecule has 3 N–H and O–H groups in total. The summed E-state index contributed by atoms with van der Waals surface area (Å²) in [6.07, 6.45) is 0. The van der Waals surface area contributed by atoms with Gasteiger partial charge in [-0.1, -0.05) is 17.9 Å². The molecule has 0 aliphatic heterocycles. The normalized spacial score (nSPS) is 9.75. The first-order valence-electron chi connectivity index (χ1n) is 5.66. The first-order valence-corrected chi connectivity index (χ1v) is 6.47. The minimum atomic E-state index is -0.821. The van der Waals surface area contributed by atoms with Crippen molar-refractivity contribution in [1.82, 2.24) is 0 Å². The predicted molar refractivity (Wildman–Crippen MR) is 74.6 cm³/mol. The Morgan fingerprint density at radius 2 is 1.95 bits per heavy atom. The van der Waals surface area contributed by atoms with Gasteiger partial charge >= 0.3 is 0 Å². The molecule has 0 radical (unpaired) electrons. The van der Waals surface area contributed by atoms with Crippen LogP contribution in [0.2, 0.25) is 0 Å². The van der Waals surface area contributed by atoms with Crippen molar-refractivity contribution in [2.45, 2.75) is 0 Å². The fraction of sp³-hybridized carbons (Fsp3) is 0.0714. The lowest BCUT2D eigenvalue weighted by Crippen LogP contribution is -2.12. The van der Waals surface area contributed by atoms with Gasteiger partial charge < -0.3 is 11.1 Å². The van der Waals surface area contributed by atoms with Gasteiger partial charge in [0.2, 0.25) is 0 Å². The molecule has 2 rings (SSSR count). The van der Waals surface area contributed by atoms with Crippen molar-refractivity contribution in [3.63, 3.8) is 0 Å². The number of para-hydroxylation sites is 1. The van der Waals surface area contributed by atoms with Crippen LogP contribution >= 0.6 is 11.3 Å². The molecule has 0 aliphatic carbocycles. The van der Waals surface area contributed by atoms with E-state index < -0.39 is 23.2 Å². The maximum atomic E-state index is 13.4. The van der Waals surface area contributed by atoms with Crippen molar-refractivity contribution >= 4 is 22.9 Å². The molecule has 0 unspecified atom stereocenters. The van der Waals surface area contributed by atoms with Gasteiger partial charge in [-0.3, -0.25) is 4.79 Å². The third-order valence-electron chi connectivity index (χ3n) is 2.34. The number of hydrogen-bond acceptors (Lipinski definition) is 3. The van der Waals surface area contributed by atoms with E-state index in [-0.39, 0.29) is 6.54 Å². The molecule has 3 nitrogen and oxygen atoms in total. The highest BCUT2D eigenvalue weighted by Crippen LogP contribution is 2.21. The standard InChI is InChI=1S/C14H10F2N2OS/c15-10-4-1-5-11(16)13(10)18-14(19)12-7-6-9(20-12)3-2-8-17/h1,4-7H,8,17H2,(H,18,19). The van der Waals surface area contributed by atoms with Crippen LogP contribution in [0.15, 0.2) is 30.3 Å². The van der Waals surface area contributed by atoms with Crippen molar-refractivity contribution in [3.05, 3.63) is 51.7 Å². The topological polar surface area (TPSA) is 55.1 Å². The highest BCUT2D eigenvalue weighted by molar-refractivity contribution is 7.14. The molecule has 0 saturated carbocycles. The first-order chi connectivity index (χ1) is 9.61. The van der Waals surface area contributed by atoms with Gasteiger partial charge in [0.05, 0.1) is 16.3 Å². The average Bonchev–Trinajstić information content (AvgIpc) is 2.89. The summed E-state index contributed by atoms with van der Waals surface area (Å²) in [5.41, 5.74) is 4.79. The summed E-state index contributed by atoms with van der Waals surface area (Å²) >= 11 is 1.13.